The van der Waals surface area contributed by atoms with E-state index < -0.39 is 0 Å². The molecule has 1 aromatic heterocycles. The fourth-order valence-corrected chi connectivity index (χ4v) is 1.88. The van der Waals surface area contributed by atoms with Gasteiger partial charge in [0.25, 0.3) is 0 Å². The maximum Gasteiger partial charge on any atom is 0.142 e. The normalized spacial score (nSPS) is 11.3. The summed E-state index contributed by atoms with van der Waals surface area (Å²) in [6, 6.07) is 2.15. The molecule has 1 rings (SSSR count). The zero-order valence-electron chi connectivity index (χ0n) is 10.9. The molecule has 0 radical (unpaired) electrons. The van der Waals surface area contributed by atoms with Crippen molar-refractivity contribution in [1.82, 2.24) is 9.78 Å². The van der Waals surface area contributed by atoms with E-state index in [2.05, 4.69) is 16.5 Å². The molecule has 5 heteroatoms. The molecule has 0 saturated carbocycles. The third kappa shape index (κ3) is 2.42. The molecule has 0 saturated heterocycles. The Kier molecular flexibility index (Phi) is 4.13. The Morgan fingerprint density at radius 3 is 2.47 bits per heavy atom. The highest BCUT2D eigenvalue weighted by molar-refractivity contribution is 5.56. The molecular weight excluding hydrogens is 216 g/mol. The molecule has 94 valence electrons. The summed E-state index contributed by atoms with van der Waals surface area (Å²) in [6.45, 7) is 5.88. The number of hydrogen-bond donors (Lipinski definition) is 2. The highest BCUT2D eigenvalue weighted by Crippen LogP contribution is 2.25. The van der Waals surface area contributed by atoms with Gasteiger partial charge in [0, 0.05) is 7.05 Å². The van der Waals surface area contributed by atoms with E-state index in [9.17, 15) is 5.11 Å². The average Bonchev–Trinajstić information content (AvgIpc) is 2.60. The molecule has 0 amide bonds. The highest BCUT2D eigenvalue weighted by Gasteiger charge is 2.28. The molecule has 0 aliphatic heterocycles. The molecular formula is C12H20N4O. The first-order chi connectivity index (χ1) is 8.03. The van der Waals surface area contributed by atoms with Gasteiger partial charge in [0.15, 0.2) is 0 Å². The minimum atomic E-state index is -0.383. The van der Waals surface area contributed by atoms with Crippen LogP contribution < -0.4 is 5.32 Å². The number of aromatic nitrogens is 2. The van der Waals surface area contributed by atoms with Gasteiger partial charge in [-0.25, -0.2) is 0 Å². The molecule has 0 aliphatic rings. The molecule has 0 atom stereocenters. The summed E-state index contributed by atoms with van der Waals surface area (Å²) in [7, 11) is 1.80. The van der Waals surface area contributed by atoms with Gasteiger partial charge in [0.05, 0.1) is 17.8 Å². The largest absolute Gasteiger partial charge is 0.394 e. The second kappa shape index (κ2) is 5.19. The number of hydrogen-bond acceptors (Lipinski definition) is 4. The lowest BCUT2D eigenvalue weighted by molar-refractivity contribution is 0.201. The van der Waals surface area contributed by atoms with Crippen LogP contribution in [0.25, 0.3) is 0 Å². The van der Waals surface area contributed by atoms with Crippen molar-refractivity contribution < 1.29 is 5.11 Å². The maximum atomic E-state index is 9.52. The van der Waals surface area contributed by atoms with Crippen LogP contribution in [-0.4, -0.2) is 27.0 Å². The van der Waals surface area contributed by atoms with Crippen molar-refractivity contribution in [2.24, 2.45) is 7.05 Å². The van der Waals surface area contributed by atoms with Crippen LogP contribution >= 0.6 is 0 Å². The second-order valence-electron chi connectivity index (χ2n) is 4.31. The molecule has 5 nitrogen and oxygen atoms in total. The number of nitriles is 1. The Bertz CT molecular complexity index is 418. The predicted octanol–water partition coefficient (Wildman–Crippen LogP) is 1.56. The predicted molar refractivity (Wildman–Crippen MR) is 66.7 cm³/mol. The van der Waals surface area contributed by atoms with E-state index >= 15 is 0 Å². The first-order valence-electron chi connectivity index (χ1n) is 5.86. The van der Waals surface area contributed by atoms with Crippen molar-refractivity contribution in [3.63, 3.8) is 0 Å². The molecule has 1 aromatic rings. The van der Waals surface area contributed by atoms with E-state index in [1.54, 1.807) is 11.7 Å². The van der Waals surface area contributed by atoms with Gasteiger partial charge < -0.3 is 10.4 Å². The molecule has 0 unspecified atom stereocenters. The van der Waals surface area contributed by atoms with Crippen molar-refractivity contribution in [2.45, 2.75) is 39.2 Å². The van der Waals surface area contributed by atoms with Crippen molar-refractivity contribution in [2.75, 3.05) is 11.9 Å². The summed E-state index contributed by atoms with van der Waals surface area (Å²) < 4.78 is 1.66. The quantitative estimate of drug-likeness (QED) is 0.813. The van der Waals surface area contributed by atoms with E-state index in [0.29, 0.717) is 17.1 Å². The molecule has 0 aromatic carbocycles. The number of anilines is 1. The third-order valence-electron chi connectivity index (χ3n) is 3.37. The number of rotatable bonds is 5. The molecule has 2 N–H and O–H groups in total. The van der Waals surface area contributed by atoms with Crippen LogP contribution in [-0.2, 0) is 7.05 Å². The van der Waals surface area contributed by atoms with Gasteiger partial charge in [-0.05, 0) is 19.8 Å². The molecule has 0 spiro atoms. The summed E-state index contributed by atoms with van der Waals surface area (Å²) in [6.07, 6.45) is 1.57. The average molecular weight is 236 g/mol. The number of nitrogens with one attached hydrogen (secondary N) is 1. The third-order valence-corrected chi connectivity index (χ3v) is 3.37. The fourth-order valence-electron chi connectivity index (χ4n) is 1.88. The minimum absolute atomic E-state index is 0.0368. The maximum absolute atomic E-state index is 9.52. The topological polar surface area (TPSA) is 73.9 Å². The van der Waals surface area contributed by atoms with Crippen LogP contribution in [0.1, 0.15) is 37.9 Å². The number of aliphatic hydroxyl groups excluding tert-OH is 1. The lowest BCUT2D eigenvalue weighted by Gasteiger charge is -2.31. The summed E-state index contributed by atoms with van der Waals surface area (Å²) in [4.78, 5) is 0. The first-order valence-corrected chi connectivity index (χ1v) is 5.86. The number of aryl methyl sites for hydroxylation is 2. The summed E-state index contributed by atoms with van der Waals surface area (Å²) in [5.74, 6) is 0.683. The smallest absolute Gasteiger partial charge is 0.142 e. The zero-order chi connectivity index (χ0) is 13.1. The van der Waals surface area contributed by atoms with Crippen LogP contribution in [0.3, 0.4) is 0 Å². The fraction of sp³-hybridized carbons (Fsp3) is 0.667. The molecule has 0 aliphatic carbocycles. The second-order valence-corrected chi connectivity index (χ2v) is 4.31. The Hall–Kier alpha value is -1.54. The van der Waals surface area contributed by atoms with Crippen molar-refractivity contribution in [3.8, 4) is 6.07 Å². The number of aliphatic hydroxyl groups is 1. The zero-order valence-corrected chi connectivity index (χ0v) is 10.9. The van der Waals surface area contributed by atoms with Crippen molar-refractivity contribution >= 4 is 5.82 Å². The van der Waals surface area contributed by atoms with E-state index in [4.69, 9.17) is 5.26 Å². The van der Waals surface area contributed by atoms with Crippen LogP contribution in [0.2, 0.25) is 0 Å². The lowest BCUT2D eigenvalue weighted by Crippen LogP contribution is -2.41. The van der Waals surface area contributed by atoms with Gasteiger partial charge >= 0.3 is 0 Å². The van der Waals surface area contributed by atoms with Gasteiger partial charge in [0.2, 0.25) is 0 Å². The van der Waals surface area contributed by atoms with Crippen LogP contribution in [0.4, 0.5) is 5.82 Å². The Morgan fingerprint density at radius 1 is 1.47 bits per heavy atom. The van der Waals surface area contributed by atoms with E-state index in [0.717, 1.165) is 12.8 Å². The minimum Gasteiger partial charge on any atom is -0.394 e. The van der Waals surface area contributed by atoms with Gasteiger partial charge in [0.1, 0.15) is 17.5 Å². The highest BCUT2D eigenvalue weighted by atomic mass is 16.3. The van der Waals surface area contributed by atoms with Crippen LogP contribution in [0.15, 0.2) is 0 Å². The summed E-state index contributed by atoms with van der Waals surface area (Å²) in [5, 5.41) is 26.1. The molecule has 0 fully saturated rings. The standard InChI is InChI=1S/C12H20N4O/c1-5-12(6-2,8-17)14-11-10(7-13)9(3)15-16(11)4/h14,17H,5-6,8H2,1-4H3. The van der Waals surface area contributed by atoms with E-state index in [1.807, 2.05) is 20.8 Å². The molecule has 1 heterocycles. The van der Waals surface area contributed by atoms with Gasteiger partial charge in [-0.1, -0.05) is 13.8 Å². The number of nitrogens with zero attached hydrogens (tertiary/aromatic N) is 3. The Labute approximate surface area is 102 Å². The Balaban J connectivity index is 3.14. The lowest BCUT2D eigenvalue weighted by atomic mass is 9.93. The molecule has 0 bridgehead atoms. The van der Waals surface area contributed by atoms with E-state index in [-0.39, 0.29) is 12.1 Å². The SMILES string of the molecule is CCC(CC)(CO)Nc1c(C#N)c(C)nn1C. The molecule has 17 heavy (non-hydrogen) atoms. The van der Waals surface area contributed by atoms with Crippen LogP contribution in [0.5, 0.6) is 0 Å². The summed E-state index contributed by atoms with van der Waals surface area (Å²) >= 11 is 0. The Morgan fingerprint density at radius 2 is 2.06 bits per heavy atom. The summed E-state index contributed by atoms with van der Waals surface area (Å²) in [5.41, 5.74) is 0.870. The van der Waals surface area contributed by atoms with E-state index in [1.165, 1.54) is 0 Å². The van der Waals surface area contributed by atoms with Crippen LogP contribution in [0, 0.1) is 18.3 Å². The monoisotopic (exact) mass is 236 g/mol. The van der Waals surface area contributed by atoms with Crippen molar-refractivity contribution in [1.29, 1.82) is 5.26 Å². The van der Waals surface area contributed by atoms with Crippen molar-refractivity contribution in [3.05, 3.63) is 11.3 Å². The van der Waals surface area contributed by atoms with Gasteiger partial charge in [-0.15, -0.1) is 0 Å². The first kappa shape index (κ1) is 13.5. The van der Waals surface area contributed by atoms with Gasteiger partial charge in [-0.2, -0.15) is 10.4 Å². The van der Waals surface area contributed by atoms with Gasteiger partial charge in [-0.3, -0.25) is 4.68 Å².